The monoisotopic (exact) mass is 888 g/mol. The summed E-state index contributed by atoms with van der Waals surface area (Å²) in [6, 6.07) is 20.2. The largest absolute Gasteiger partial charge is 1.00 e. The van der Waals surface area contributed by atoms with Gasteiger partial charge in [0.15, 0.2) is 0 Å². The number of benzene rings is 2. The molecule has 10 nitrogen and oxygen atoms in total. The minimum Gasteiger partial charge on any atom is -1.00 e. The van der Waals surface area contributed by atoms with E-state index in [0.717, 1.165) is 29.1 Å². The Labute approximate surface area is 373 Å². The average Bonchev–Trinajstić information content (AvgIpc) is 3.11. The van der Waals surface area contributed by atoms with Gasteiger partial charge in [0.1, 0.15) is 17.0 Å². The number of hydrogen-bond acceptors (Lipinski definition) is 12. The number of rotatable bonds is 8. The molecule has 1 N–H and O–H groups in total. The fourth-order valence-electron chi connectivity index (χ4n) is 6.82. The van der Waals surface area contributed by atoms with Crippen LogP contribution in [0.15, 0.2) is 70.5 Å². The van der Waals surface area contributed by atoms with Crippen LogP contribution in [0.1, 0.15) is 96.3 Å². The van der Waals surface area contributed by atoms with E-state index in [1.54, 1.807) is 23.5 Å². The van der Waals surface area contributed by atoms with Crippen LogP contribution in [-0.2, 0) is 41.2 Å². The van der Waals surface area contributed by atoms with E-state index in [4.69, 9.17) is 43.3 Å². The van der Waals surface area contributed by atoms with Crippen molar-refractivity contribution in [3.05, 3.63) is 60.7 Å². The topological polar surface area (TPSA) is 119 Å². The van der Waals surface area contributed by atoms with Crippen molar-refractivity contribution in [2.75, 3.05) is 13.2 Å². The van der Waals surface area contributed by atoms with Gasteiger partial charge in [0.05, 0.1) is 42.7 Å². The minimum absolute atomic E-state index is 0. The number of aliphatic hydroxyl groups excluding tert-OH is 1. The van der Waals surface area contributed by atoms with Gasteiger partial charge in [0, 0.05) is 33.9 Å². The van der Waals surface area contributed by atoms with Crippen molar-refractivity contribution in [2.24, 2.45) is 23.7 Å². The fraction of sp³-hybridized carbons (Fsp3) is 0.700. The van der Waals surface area contributed by atoms with E-state index in [0.29, 0.717) is 25.6 Å². The quantitative estimate of drug-likeness (QED) is 0.201. The summed E-state index contributed by atoms with van der Waals surface area (Å²) in [7, 11) is -3.63. The van der Waals surface area contributed by atoms with E-state index < -0.39 is 32.1 Å². The first-order chi connectivity index (χ1) is 25.8. The van der Waals surface area contributed by atoms with Gasteiger partial charge in [-0.25, -0.2) is 9.13 Å². The van der Waals surface area contributed by atoms with E-state index in [1.807, 2.05) is 76.2 Å². The van der Waals surface area contributed by atoms with Gasteiger partial charge in [-0.1, -0.05) is 101 Å². The summed E-state index contributed by atoms with van der Waals surface area (Å²) in [6.45, 7) is 17.9. The summed E-state index contributed by atoms with van der Waals surface area (Å²) in [5, 5.41) is 10.3. The third-order valence-electron chi connectivity index (χ3n) is 10.7. The maximum atomic E-state index is 13.2. The second-order valence-corrected chi connectivity index (χ2v) is 22.4. The molecule has 0 bridgehead atoms. The molecule has 56 heavy (non-hydrogen) atoms. The van der Waals surface area contributed by atoms with Crippen LogP contribution < -0.4 is 29.6 Å². The summed E-state index contributed by atoms with van der Waals surface area (Å²) >= 11 is 8.60. The molecule has 0 aromatic heterocycles. The van der Waals surface area contributed by atoms with E-state index in [1.165, 1.54) is 0 Å². The number of phosphoric acid groups is 1. The molecule has 6 rings (SSSR count). The van der Waals surface area contributed by atoms with Crippen LogP contribution in [-0.4, -0.2) is 64.8 Å². The van der Waals surface area contributed by atoms with Gasteiger partial charge in [0.25, 0.3) is 0 Å². The first kappa shape index (κ1) is 50.9. The first-order valence-electron chi connectivity index (χ1n) is 19.5. The molecule has 4 fully saturated rings. The maximum Gasteiger partial charge on any atom is 1.00 e. The van der Waals surface area contributed by atoms with Gasteiger partial charge < -0.3 is 16.0 Å². The van der Waals surface area contributed by atoms with Crippen molar-refractivity contribution >= 4 is 49.5 Å². The third-order valence-corrected chi connectivity index (χ3v) is 16.5. The summed E-state index contributed by atoms with van der Waals surface area (Å²) in [5.74, 6) is 1.15. The molecule has 2 aromatic carbocycles. The van der Waals surface area contributed by atoms with Gasteiger partial charge in [-0.2, -0.15) is 0 Å². The van der Waals surface area contributed by atoms with Gasteiger partial charge in [-0.05, 0) is 88.5 Å². The van der Waals surface area contributed by atoms with Crippen molar-refractivity contribution < 1.29 is 77.3 Å². The van der Waals surface area contributed by atoms with Crippen LogP contribution in [0.5, 0.6) is 0 Å². The average molecular weight is 889 g/mol. The molecular weight excluding hydrogens is 825 g/mol. The Balaban J connectivity index is 0.000000322. The number of hydrogen-bond donors (Lipinski definition) is 1. The van der Waals surface area contributed by atoms with Crippen molar-refractivity contribution in [3.8, 4) is 0 Å². The molecule has 314 valence electrons. The maximum absolute atomic E-state index is 13.2. The minimum atomic E-state index is -3.63. The second kappa shape index (κ2) is 22.6. The zero-order valence-corrected chi connectivity index (χ0v) is 41.2. The molecule has 12 atom stereocenters. The molecule has 4 saturated heterocycles. The van der Waals surface area contributed by atoms with Crippen LogP contribution in [0.4, 0.5) is 0 Å². The van der Waals surface area contributed by atoms with Crippen molar-refractivity contribution in [3.63, 3.8) is 0 Å². The van der Waals surface area contributed by atoms with Crippen molar-refractivity contribution in [1.29, 1.82) is 0 Å². The Morgan fingerprint density at radius 1 is 0.732 bits per heavy atom. The van der Waals surface area contributed by atoms with Crippen LogP contribution >= 0.6 is 49.5 Å². The third kappa shape index (κ3) is 15.2. The molecule has 4 aliphatic heterocycles. The summed E-state index contributed by atoms with van der Waals surface area (Å²) in [6.07, 6.45) is 2.97. The molecular formula is C40H64ClNaO10P2S2. The van der Waals surface area contributed by atoms with Crippen LogP contribution in [0.25, 0.3) is 0 Å². The zero-order chi connectivity index (χ0) is 40.6. The smallest absolute Gasteiger partial charge is 1.00 e. The van der Waals surface area contributed by atoms with E-state index >= 15 is 0 Å². The predicted octanol–water partition coefficient (Wildman–Crippen LogP) is 9.11. The molecule has 0 saturated carbocycles. The molecule has 16 heteroatoms. The van der Waals surface area contributed by atoms with Gasteiger partial charge in [0.2, 0.25) is 0 Å². The molecule has 4 aliphatic rings. The van der Waals surface area contributed by atoms with E-state index in [9.17, 15) is 14.2 Å². The van der Waals surface area contributed by atoms with Gasteiger partial charge in [-0.15, -0.1) is 0 Å². The summed E-state index contributed by atoms with van der Waals surface area (Å²) in [5.41, 5.74) is -1.35. The Bertz CT molecular complexity index is 1570. The molecule has 0 radical (unpaired) electrons. The van der Waals surface area contributed by atoms with Crippen LogP contribution in [0, 0.1) is 23.7 Å². The second-order valence-electron chi connectivity index (χ2n) is 16.0. The molecule has 0 spiro atoms. The Hall–Kier alpha value is 0.570. The van der Waals surface area contributed by atoms with E-state index in [2.05, 4.69) is 53.7 Å². The normalized spacial score (nSPS) is 37.7. The summed E-state index contributed by atoms with van der Waals surface area (Å²) in [4.78, 5) is 2.25. The number of halogens is 1. The number of ether oxygens (including phenoxy) is 2. The summed E-state index contributed by atoms with van der Waals surface area (Å²) < 4.78 is 63.6. The Morgan fingerprint density at radius 3 is 1.62 bits per heavy atom. The Kier molecular flexibility index (Phi) is 20.6. The van der Waals surface area contributed by atoms with Crippen LogP contribution in [0.3, 0.4) is 0 Å². The van der Waals surface area contributed by atoms with Crippen molar-refractivity contribution in [1.82, 2.24) is 0 Å². The number of phosphoric ester groups is 1. The molecule has 4 heterocycles. The van der Waals surface area contributed by atoms with Crippen molar-refractivity contribution in [2.45, 2.75) is 151 Å². The molecule has 12 unspecified atom stereocenters. The predicted molar refractivity (Wildman–Crippen MR) is 224 cm³/mol. The molecule has 0 amide bonds. The SMILES string of the molecule is CC1(C)CCOP(=O)(Cl)O1.CCC1OC(Sc2ccccc2)C(O)C(C)C1C.CCC1OC(Sc2ccccc2)C(OP2(=O)OCCC(C)(C)O2)C(C)C1C.[H-].[Na+]. The van der Waals surface area contributed by atoms with E-state index in [-0.39, 0.29) is 77.9 Å². The standard InChI is InChI=1S/C20H31O5PS.C15H22O2S.C5H10ClO3P.Na.H/c1-6-17-14(2)15(3)18(19(23-17)27-16-10-8-7-9-11-16)24-26(21)22-13-12-20(4,5)25-26;1-4-13-10(2)11(3)14(16)15(17-13)18-12-8-6-5-7-9-12;1-5(2)3-4-8-10(6,7)9-5;;/h7-11,14-15,17-19H,6,12-13H2,1-5H3;5-11,13-16H,4H2,1-3H3;3-4H2,1-2H3;;/q;;;+1;-1. The van der Waals surface area contributed by atoms with Crippen LogP contribution in [0.2, 0.25) is 0 Å². The molecule has 0 aliphatic carbocycles. The number of aliphatic hydroxyl groups is 1. The Morgan fingerprint density at radius 2 is 1.18 bits per heavy atom. The fourth-order valence-corrected chi connectivity index (χ4v) is 12.9. The number of thioether (sulfide) groups is 2. The molecule has 2 aromatic rings. The van der Waals surface area contributed by atoms with Gasteiger partial charge in [-0.3, -0.25) is 22.6 Å². The van der Waals surface area contributed by atoms with Gasteiger partial charge >= 0.3 is 44.3 Å². The zero-order valence-electron chi connectivity index (χ0n) is 36.0. The first-order valence-corrected chi connectivity index (χ1v) is 25.2.